The average Bonchev–Trinajstić information content (AvgIpc) is 2.95. The summed E-state index contributed by atoms with van der Waals surface area (Å²) in [6.07, 6.45) is 5.29. The summed E-state index contributed by atoms with van der Waals surface area (Å²) in [7, 11) is 0. The summed E-state index contributed by atoms with van der Waals surface area (Å²) >= 11 is 5.98. The Labute approximate surface area is 97.4 Å². The molecule has 1 atom stereocenters. The van der Waals surface area contributed by atoms with Gasteiger partial charge in [0.25, 0.3) is 0 Å². The molecule has 0 spiro atoms. The van der Waals surface area contributed by atoms with Crippen LogP contribution in [0.25, 0.3) is 0 Å². The third-order valence-electron chi connectivity index (χ3n) is 2.41. The van der Waals surface area contributed by atoms with E-state index in [4.69, 9.17) is 26.9 Å². The molecule has 1 unspecified atom stereocenters. The van der Waals surface area contributed by atoms with Crippen molar-refractivity contribution >= 4 is 11.6 Å². The predicted molar refractivity (Wildman–Crippen MR) is 59.1 cm³/mol. The molecule has 2 aliphatic heterocycles. The fraction of sp³-hybridized carbons (Fsp3) is 0.0909. The first-order valence-electron chi connectivity index (χ1n) is 4.79. The highest BCUT2D eigenvalue weighted by molar-refractivity contribution is 6.32. The van der Waals surface area contributed by atoms with E-state index in [1.165, 1.54) is 5.06 Å². The van der Waals surface area contributed by atoms with Crippen LogP contribution < -0.4 is 10.5 Å². The van der Waals surface area contributed by atoms with E-state index in [9.17, 15) is 0 Å². The van der Waals surface area contributed by atoms with Crippen molar-refractivity contribution in [3.05, 3.63) is 53.4 Å². The van der Waals surface area contributed by atoms with Gasteiger partial charge in [0.15, 0.2) is 5.76 Å². The maximum absolute atomic E-state index is 5.98. The molecule has 0 amide bonds. The maximum Gasteiger partial charge on any atom is 0.301 e. The largest absolute Gasteiger partial charge is 0.453 e. The van der Waals surface area contributed by atoms with E-state index in [0.29, 0.717) is 16.5 Å². The highest BCUT2D eigenvalue weighted by atomic mass is 35.5. The smallest absolute Gasteiger partial charge is 0.301 e. The minimum absolute atomic E-state index is 0.517. The fourth-order valence-electron chi connectivity index (χ4n) is 1.51. The van der Waals surface area contributed by atoms with E-state index in [1.807, 2.05) is 12.1 Å². The van der Waals surface area contributed by atoms with Crippen molar-refractivity contribution < 1.29 is 9.57 Å². The summed E-state index contributed by atoms with van der Waals surface area (Å²) in [5.74, 6) is 0.113. The number of allylic oxidation sites excluding steroid dienone is 2. The van der Waals surface area contributed by atoms with Crippen molar-refractivity contribution in [1.29, 1.82) is 0 Å². The average molecular weight is 237 g/mol. The van der Waals surface area contributed by atoms with Gasteiger partial charge in [-0.2, -0.15) is 0 Å². The van der Waals surface area contributed by atoms with Crippen LogP contribution in [-0.2, 0) is 4.84 Å². The Kier molecular flexibility index (Phi) is 1.97. The van der Waals surface area contributed by atoms with Crippen LogP contribution >= 0.6 is 11.6 Å². The van der Waals surface area contributed by atoms with Crippen LogP contribution in [0.5, 0.6) is 5.75 Å². The first kappa shape index (κ1) is 9.72. The lowest BCUT2D eigenvalue weighted by Gasteiger charge is -2.14. The lowest BCUT2D eigenvalue weighted by molar-refractivity contribution is 0.228. The zero-order valence-corrected chi connectivity index (χ0v) is 9.02. The minimum Gasteiger partial charge on any atom is -0.453 e. The molecule has 0 radical (unpaired) electrons. The van der Waals surface area contributed by atoms with Gasteiger partial charge in [0.1, 0.15) is 5.75 Å². The second-order valence-corrected chi connectivity index (χ2v) is 3.93. The molecule has 0 bridgehead atoms. The van der Waals surface area contributed by atoms with Crippen molar-refractivity contribution in [3.8, 4) is 5.75 Å². The Balaban J connectivity index is 1.88. The molecule has 82 valence electrons. The normalized spacial score (nSPS) is 26.1. The number of fused-ring (bicyclic) bond motifs is 1. The minimum atomic E-state index is -0.964. The van der Waals surface area contributed by atoms with Gasteiger partial charge in [0, 0.05) is 6.20 Å². The summed E-state index contributed by atoms with van der Waals surface area (Å²) in [5.41, 5.74) is 5.91. The Morgan fingerprint density at radius 3 is 3.00 bits per heavy atom. The lowest BCUT2D eigenvalue weighted by atomic mass is 10.3. The van der Waals surface area contributed by atoms with Gasteiger partial charge in [-0.1, -0.05) is 23.7 Å². The number of benzene rings is 1. The summed E-state index contributed by atoms with van der Waals surface area (Å²) in [6, 6.07) is 7.21. The summed E-state index contributed by atoms with van der Waals surface area (Å²) in [5, 5.41) is 2.05. The molecule has 0 aromatic heterocycles. The van der Waals surface area contributed by atoms with Gasteiger partial charge < -0.3 is 4.74 Å². The Morgan fingerprint density at radius 1 is 1.38 bits per heavy atom. The summed E-state index contributed by atoms with van der Waals surface area (Å²) in [4.78, 5) is 5.18. The number of rotatable bonds is 2. The van der Waals surface area contributed by atoms with Gasteiger partial charge in [0.2, 0.25) is 0 Å². The molecule has 1 fully saturated rings. The molecule has 4 nitrogen and oxygen atoms in total. The molecular weight excluding hydrogens is 228 g/mol. The second-order valence-electron chi connectivity index (χ2n) is 3.52. The molecule has 2 aliphatic rings. The molecule has 0 aliphatic carbocycles. The van der Waals surface area contributed by atoms with E-state index in [-0.39, 0.29) is 0 Å². The molecule has 5 heteroatoms. The van der Waals surface area contributed by atoms with E-state index in [1.54, 1.807) is 30.5 Å². The van der Waals surface area contributed by atoms with Crippen LogP contribution in [0.3, 0.4) is 0 Å². The van der Waals surface area contributed by atoms with Crippen molar-refractivity contribution in [2.45, 2.75) is 5.85 Å². The van der Waals surface area contributed by atoms with Crippen molar-refractivity contribution in [2.75, 3.05) is 0 Å². The molecule has 2 N–H and O–H groups in total. The number of nitrogens with zero attached hydrogens (tertiary/aromatic N) is 1. The van der Waals surface area contributed by atoms with Gasteiger partial charge in [-0.15, -0.1) is 0 Å². The molecule has 1 saturated heterocycles. The first-order chi connectivity index (χ1) is 7.70. The standard InChI is InChI=1S/C11H9ClN2O2/c12-8-4-1-2-5-9(8)15-10-6-3-7-14-11(10,13)16-14/h1-7H,13H2. The number of nitrogens with two attached hydrogens (primary N) is 1. The zero-order chi connectivity index (χ0) is 11.2. The van der Waals surface area contributed by atoms with Crippen LogP contribution in [0.15, 0.2) is 48.4 Å². The number of halogens is 1. The highest BCUT2D eigenvalue weighted by Gasteiger charge is 2.56. The van der Waals surface area contributed by atoms with Crippen LogP contribution in [0, 0.1) is 0 Å². The van der Waals surface area contributed by atoms with E-state index in [0.717, 1.165) is 0 Å². The Morgan fingerprint density at radius 2 is 2.19 bits per heavy atom. The van der Waals surface area contributed by atoms with E-state index >= 15 is 0 Å². The zero-order valence-electron chi connectivity index (χ0n) is 8.26. The van der Waals surface area contributed by atoms with Crippen LogP contribution in [0.4, 0.5) is 0 Å². The monoisotopic (exact) mass is 236 g/mol. The summed E-state index contributed by atoms with van der Waals surface area (Å²) in [6.45, 7) is 0. The van der Waals surface area contributed by atoms with Crippen molar-refractivity contribution in [1.82, 2.24) is 5.06 Å². The number of para-hydroxylation sites is 1. The topological polar surface area (TPSA) is 50.8 Å². The van der Waals surface area contributed by atoms with Gasteiger partial charge in [-0.05, 0) is 24.3 Å². The predicted octanol–water partition coefficient (Wildman–Crippen LogP) is 1.99. The third kappa shape index (κ3) is 1.39. The van der Waals surface area contributed by atoms with E-state index < -0.39 is 5.85 Å². The lowest BCUT2D eigenvalue weighted by Crippen LogP contribution is -2.34. The molecule has 2 heterocycles. The summed E-state index contributed by atoms with van der Waals surface area (Å²) < 4.78 is 5.63. The molecule has 3 rings (SSSR count). The van der Waals surface area contributed by atoms with Gasteiger partial charge in [-0.3, -0.25) is 5.73 Å². The second kappa shape index (κ2) is 3.25. The number of hydroxylamine groups is 2. The maximum atomic E-state index is 5.98. The van der Waals surface area contributed by atoms with Gasteiger partial charge in [-0.25, -0.2) is 9.90 Å². The van der Waals surface area contributed by atoms with E-state index in [2.05, 4.69) is 0 Å². The van der Waals surface area contributed by atoms with Crippen molar-refractivity contribution in [3.63, 3.8) is 0 Å². The Hall–Kier alpha value is -1.49. The van der Waals surface area contributed by atoms with Gasteiger partial charge >= 0.3 is 5.85 Å². The molecule has 1 aromatic rings. The fourth-order valence-corrected chi connectivity index (χ4v) is 1.68. The molecule has 1 aromatic carbocycles. The molecule has 0 saturated carbocycles. The first-order valence-corrected chi connectivity index (χ1v) is 5.17. The quantitative estimate of drug-likeness (QED) is 0.798. The van der Waals surface area contributed by atoms with Crippen LogP contribution in [0.2, 0.25) is 5.02 Å². The number of hydrogen-bond donors (Lipinski definition) is 1. The molecule has 16 heavy (non-hydrogen) atoms. The third-order valence-corrected chi connectivity index (χ3v) is 2.72. The van der Waals surface area contributed by atoms with Crippen LogP contribution in [-0.4, -0.2) is 10.9 Å². The van der Waals surface area contributed by atoms with Crippen LogP contribution in [0.1, 0.15) is 0 Å². The van der Waals surface area contributed by atoms with Gasteiger partial charge in [0.05, 0.1) is 5.02 Å². The number of hydrogen-bond acceptors (Lipinski definition) is 4. The van der Waals surface area contributed by atoms with Crippen molar-refractivity contribution in [2.24, 2.45) is 5.73 Å². The SMILES string of the molecule is NC12ON1C=CC=C2Oc1ccccc1Cl. The number of ether oxygens (including phenoxy) is 1. The molecular formula is C11H9ClN2O2. The highest BCUT2D eigenvalue weighted by Crippen LogP contribution is 2.40. The Bertz CT molecular complexity index is 501.